The van der Waals surface area contributed by atoms with Gasteiger partial charge in [-0.3, -0.25) is 15.4 Å². The Hall–Kier alpha value is -2.70. The largest absolute Gasteiger partial charge is 0.327 e. The Labute approximate surface area is 242 Å². The van der Waals surface area contributed by atoms with Crippen molar-refractivity contribution in [3.8, 4) is 0 Å². The molecule has 220 valence electrons. The van der Waals surface area contributed by atoms with Gasteiger partial charge >= 0.3 is 6.03 Å². The first-order valence-corrected chi connectivity index (χ1v) is 15.6. The number of aryl methyl sites for hydroxylation is 1. The lowest BCUT2D eigenvalue weighted by Gasteiger charge is -2.32. The molecule has 3 rings (SSSR count). The fraction of sp³-hybridized carbons (Fsp3) is 0.588. The first-order valence-electron chi connectivity index (χ1n) is 15.6. The molecule has 6 heteroatoms. The van der Waals surface area contributed by atoms with Gasteiger partial charge < -0.3 is 5.32 Å². The number of hydrogen-bond acceptors (Lipinski definition) is 4. The van der Waals surface area contributed by atoms with Crippen LogP contribution in [0.3, 0.4) is 0 Å². The third kappa shape index (κ3) is 8.17. The Kier molecular flexibility index (Phi) is 12.7. The number of hydrogen-bond donors (Lipinski definition) is 3. The summed E-state index contributed by atoms with van der Waals surface area (Å²) in [5.74, 6) is 0.787. The summed E-state index contributed by atoms with van der Waals surface area (Å²) in [5, 5.41) is 10.4. The van der Waals surface area contributed by atoms with Crippen molar-refractivity contribution in [2.75, 3.05) is 13.1 Å². The Morgan fingerprint density at radius 2 is 1.35 bits per heavy atom. The number of carbonyl (C=O) groups is 2. The third-order valence-corrected chi connectivity index (χ3v) is 8.52. The summed E-state index contributed by atoms with van der Waals surface area (Å²) in [6.07, 6.45) is 8.94. The van der Waals surface area contributed by atoms with Crippen molar-refractivity contribution in [1.29, 1.82) is 0 Å². The minimum atomic E-state index is -1.16. The molecule has 1 saturated heterocycles. The lowest BCUT2D eigenvalue weighted by atomic mass is 9.83. The number of nitrogens with zero attached hydrogens (tertiary/aromatic N) is 1. The molecule has 3 atom stereocenters. The van der Waals surface area contributed by atoms with E-state index in [2.05, 4.69) is 43.6 Å². The van der Waals surface area contributed by atoms with E-state index >= 15 is 0 Å². The molecular weight excluding hydrogens is 496 g/mol. The molecular formula is C34H52N4O2. The van der Waals surface area contributed by atoms with Gasteiger partial charge in [0, 0.05) is 19.5 Å². The van der Waals surface area contributed by atoms with E-state index in [1.54, 1.807) is 0 Å². The summed E-state index contributed by atoms with van der Waals surface area (Å²) in [6, 6.07) is 17.6. The summed E-state index contributed by atoms with van der Waals surface area (Å²) < 4.78 is 0. The smallest absolute Gasteiger partial charge is 0.319 e. The molecule has 2 aromatic carbocycles. The van der Waals surface area contributed by atoms with Gasteiger partial charge in [0.05, 0.1) is 0 Å². The van der Waals surface area contributed by atoms with Crippen LogP contribution in [0.5, 0.6) is 0 Å². The van der Waals surface area contributed by atoms with Crippen molar-refractivity contribution in [3.63, 3.8) is 0 Å². The number of benzene rings is 2. The van der Waals surface area contributed by atoms with Crippen LogP contribution in [0.2, 0.25) is 0 Å². The maximum Gasteiger partial charge on any atom is 0.327 e. The Balaban J connectivity index is 1.93. The fourth-order valence-corrected chi connectivity index (χ4v) is 5.68. The van der Waals surface area contributed by atoms with Crippen LogP contribution in [0.25, 0.3) is 0 Å². The number of carbonyl (C=O) groups excluding carboxylic acids is 2. The molecule has 6 nitrogen and oxygen atoms in total. The van der Waals surface area contributed by atoms with E-state index in [9.17, 15) is 9.59 Å². The molecule has 1 aliphatic heterocycles. The van der Waals surface area contributed by atoms with Crippen LogP contribution in [-0.2, 0) is 16.8 Å². The number of urea groups is 1. The summed E-state index contributed by atoms with van der Waals surface area (Å²) in [6.45, 7) is 12.4. The molecule has 3 unspecified atom stereocenters. The van der Waals surface area contributed by atoms with Gasteiger partial charge in [-0.2, -0.15) is 0 Å². The van der Waals surface area contributed by atoms with E-state index in [1.165, 1.54) is 30.6 Å². The monoisotopic (exact) mass is 548 g/mol. The second kappa shape index (κ2) is 15.9. The average Bonchev–Trinajstić information content (AvgIpc) is 3.22. The topological polar surface area (TPSA) is 73.5 Å². The molecule has 0 radical (unpaired) electrons. The molecule has 1 heterocycles. The van der Waals surface area contributed by atoms with Crippen molar-refractivity contribution in [2.45, 2.75) is 104 Å². The minimum Gasteiger partial charge on any atom is -0.319 e. The van der Waals surface area contributed by atoms with E-state index in [0.29, 0.717) is 18.3 Å². The van der Waals surface area contributed by atoms with Crippen molar-refractivity contribution < 1.29 is 9.59 Å². The van der Waals surface area contributed by atoms with Crippen LogP contribution in [0.1, 0.15) is 95.8 Å². The van der Waals surface area contributed by atoms with E-state index < -0.39 is 11.8 Å². The van der Waals surface area contributed by atoms with Gasteiger partial charge in [0.15, 0.2) is 5.54 Å². The normalized spacial score (nSPS) is 19.5. The van der Waals surface area contributed by atoms with E-state index in [0.717, 1.165) is 55.5 Å². The highest BCUT2D eigenvalue weighted by Gasteiger charge is 2.54. The van der Waals surface area contributed by atoms with Crippen molar-refractivity contribution in [3.05, 3.63) is 71.3 Å². The SMILES string of the molecule is CCCCC(CC)CNC(NCC(CC)CCCC)N1C(=O)NC(Cc2ccccc2)(c2ccc(C)cc2)C1=O. The average molecular weight is 549 g/mol. The van der Waals surface area contributed by atoms with Gasteiger partial charge in [-0.1, -0.05) is 126 Å². The predicted molar refractivity (Wildman–Crippen MR) is 165 cm³/mol. The molecule has 2 aromatic rings. The lowest BCUT2D eigenvalue weighted by molar-refractivity contribution is -0.134. The zero-order chi connectivity index (χ0) is 29.0. The van der Waals surface area contributed by atoms with Crippen molar-refractivity contribution in [2.24, 2.45) is 11.8 Å². The molecule has 0 saturated carbocycles. The highest BCUT2D eigenvalue weighted by molar-refractivity contribution is 6.08. The highest BCUT2D eigenvalue weighted by atomic mass is 16.2. The van der Waals surface area contributed by atoms with Crippen LogP contribution < -0.4 is 16.0 Å². The first-order chi connectivity index (χ1) is 19.4. The highest BCUT2D eigenvalue weighted by Crippen LogP contribution is 2.34. The zero-order valence-corrected chi connectivity index (χ0v) is 25.5. The van der Waals surface area contributed by atoms with Crippen LogP contribution in [0, 0.1) is 18.8 Å². The summed E-state index contributed by atoms with van der Waals surface area (Å²) in [5.41, 5.74) is 1.77. The van der Waals surface area contributed by atoms with Crippen LogP contribution in [-0.4, -0.2) is 36.2 Å². The molecule has 0 aromatic heterocycles. The van der Waals surface area contributed by atoms with Crippen LogP contribution in [0.15, 0.2) is 54.6 Å². The van der Waals surface area contributed by atoms with Crippen LogP contribution >= 0.6 is 0 Å². The number of nitrogens with one attached hydrogen (secondary N) is 3. The molecule has 40 heavy (non-hydrogen) atoms. The van der Waals surface area contributed by atoms with Gasteiger partial charge in [-0.05, 0) is 42.7 Å². The number of amides is 3. The van der Waals surface area contributed by atoms with Crippen molar-refractivity contribution in [1.82, 2.24) is 20.9 Å². The molecule has 0 bridgehead atoms. The standard InChI is InChI=1S/C34H52N4O2/c1-6-10-15-27(8-3)24-35-32(36-25-28(9-4)16-11-7-2)38-31(39)34(37-33(38)40,23-29-17-13-12-14-18-29)30-21-19-26(5)20-22-30/h12-14,17-22,27-28,32,35-36H,6-11,15-16,23-25H2,1-5H3,(H,37,40). The number of imide groups is 1. The number of rotatable bonds is 18. The van der Waals surface area contributed by atoms with Gasteiger partial charge in [-0.15, -0.1) is 0 Å². The Morgan fingerprint density at radius 1 is 0.800 bits per heavy atom. The van der Waals surface area contributed by atoms with E-state index in [4.69, 9.17) is 0 Å². The van der Waals surface area contributed by atoms with Crippen molar-refractivity contribution >= 4 is 11.9 Å². The third-order valence-electron chi connectivity index (χ3n) is 8.52. The molecule has 1 aliphatic rings. The first kappa shape index (κ1) is 31.8. The molecule has 0 spiro atoms. The predicted octanol–water partition coefficient (Wildman–Crippen LogP) is 6.88. The Bertz CT molecular complexity index is 1020. The van der Waals surface area contributed by atoms with E-state index in [1.807, 2.05) is 61.5 Å². The molecule has 0 aliphatic carbocycles. The minimum absolute atomic E-state index is 0.210. The number of unbranched alkanes of at least 4 members (excludes halogenated alkanes) is 2. The summed E-state index contributed by atoms with van der Waals surface area (Å²) in [4.78, 5) is 29.7. The maximum absolute atomic E-state index is 14.5. The second-order valence-electron chi connectivity index (χ2n) is 11.6. The van der Waals surface area contributed by atoms with Gasteiger partial charge in [0.1, 0.15) is 6.29 Å². The molecule has 1 fully saturated rings. The zero-order valence-electron chi connectivity index (χ0n) is 25.5. The van der Waals surface area contributed by atoms with Gasteiger partial charge in [0.2, 0.25) is 0 Å². The maximum atomic E-state index is 14.5. The molecule has 3 N–H and O–H groups in total. The fourth-order valence-electron chi connectivity index (χ4n) is 5.68. The molecule has 3 amide bonds. The Morgan fingerprint density at radius 3 is 1.85 bits per heavy atom. The van der Waals surface area contributed by atoms with E-state index in [-0.39, 0.29) is 11.9 Å². The quantitative estimate of drug-likeness (QED) is 0.140. The lowest BCUT2D eigenvalue weighted by Crippen LogP contribution is -2.59. The van der Waals surface area contributed by atoms with Crippen LogP contribution in [0.4, 0.5) is 4.79 Å². The second-order valence-corrected chi connectivity index (χ2v) is 11.6. The summed E-state index contributed by atoms with van der Waals surface area (Å²) >= 11 is 0. The summed E-state index contributed by atoms with van der Waals surface area (Å²) in [7, 11) is 0. The van der Waals surface area contributed by atoms with Gasteiger partial charge in [0.25, 0.3) is 5.91 Å². The van der Waals surface area contributed by atoms with Gasteiger partial charge in [-0.25, -0.2) is 9.69 Å².